The first kappa shape index (κ1) is 15.2. The molecule has 0 unspecified atom stereocenters. The van der Waals surface area contributed by atoms with Crippen LogP contribution < -0.4 is 0 Å². The molecule has 4 rings (SSSR count). The molecule has 0 bridgehead atoms. The number of hydrogen-bond donors (Lipinski definition) is 0. The molecule has 1 atom stereocenters. The van der Waals surface area contributed by atoms with E-state index in [0.29, 0.717) is 5.54 Å². The maximum atomic E-state index is 4.71. The topological polar surface area (TPSA) is 32.3 Å². The van der Waals surface area contributed by atoms with E-state index in [-0.39, 0.29) is 0 Å². The zero-order valence-electron chi connectivity index (χ0n) is 13.7. The van der Waals surface area contributed by atoms with Crippen LogP contribution in [0.4, 0.5) is 0 Å². The fraction of sp³-hybridized carbons (Fsp3) is 0.556. The van der Waals surface area contributed by atoms with Gasteiger partial charge in [0.1, 0.15) is 5.01 Å². The van der Waals surface area contributed by atoms with E-state index in [1.807, 2.05) is 6.20 Å². The standard InChI is InChI=1S/C18H24N4S/c1-15-4-2-5-16(20-15)12-22-9-3-6-18(22)7-10-21(14-18)13-17-19-8-11-23-17/h2,4-5,8,11H,3,6-7,9-10,12-14H2,1H3/t18-/m1/s1. The van der Waals surface area contributed by atoms with Gasteiger partial charge in [0, 0.05) is 42.4 Å². The number of thiazole rings is 1. The van der Waals surface area contributed by atoms with Crippen LogP contribution in [0.2, 0.25) is 0 Å². The molecule has 0 aromatic carbocycles. The highest BCUT2D eigenvalue weighted by molar-refractivity contribution is 7.09. The van der Waals surface area contributed by atoms with Crippen molar-refractivity contribution in [3.05, 3.63) is 46.2 Å². The molecule has 2 fully saturated rings. The molecule has 0 amide bonds. The van der Waals surface area contributed by atoms with E-state index in [1.54, 1.807) is 11.3 Å². The van der Waals surface area contributed by atoms with Gasteiger partial charge in [-0.15, -0.1) is 11.3 Å². The molecule has 1 spiro atoms. The van der Waals surface area contributed by atoms with Crippen molar-refractivity contribution in [2.24, 2.45) is 0 Å². The minimum absolute atomic E-state index is 0.364. The Morgan fingerprint density at radius 2 is 2.17 bits per heavy atom. The highest BCUT2D eigenvalue weighted by Gasteiger charge is 2.45. The minimum atomic E-state index is 0.364. The van der Waals surface area contributed by atoms with Gasteiger partial charge in [-0.2, -0.15) is 0 Å². The first-order chi connectivity index (χ1) is 11.2. The maximum Gasteiger partial charge on any atom is 0.107 e. The Bertz CT molecular complexity index is 657. The molecule has 0 N–H and O–H groups in total. The number of pyridine rings is 1. The van der Waals surface area contributed by atoms with Crippen molar-refractivity contribution < 1.29 is 0 Å². The zero-order valence-corrected chi connectivity index (χ0v) is 14.6. The number of aromatic nitrogens is 2. The van der Waals surface area contributed by atoms with Gasteiger partial charge < -0.3 is 0 Å². The van der Waals surface area contributed by atoms with Gasteiger partial charge in [-0.25, -0.2) is 4.98 Å². The van der Waals surface area contributed by atoms with Gasteiger partial charge in [0.25, 0.3) is 0 Å². The summed E-state index contributed by atoms with van der Waals surface area (Å²) in [5.74, 6) is 0. The van der Waals surface area contributed by atoms with Gasteiger partial charge in [-0.1, -0.05) is 6.07 Å². The van der Waals surface area contributed by atoms with Crippen LogP contribution in [0.25, 0.3) is 0 Å². The molecule has 0 saturated carbocycles. The van der Waals surface area contributed by atoms with E-state index in [2.05, 4.69) is 45.3 Å². The highest BCUT2D eigenvalue weighted by Crippen LogP contribution is 2.39. The van der Waals surface area contributed by atoms with Crippen molar-refractivity contribution >= 4 is 11.3 Å². The van der Waals surface area contributed by atoms with Gasteiger partial charge in [0.15, 0.2) is 0 Å². The second kappa shape index (κ2) is 6.30. The quantitative estimate of drug-likeness (QED) is 0.863. The van der Waals surface area contributed by atoms with Crippen molar-refractivity contribution in [1.29, 1.82) is 0 Å². The van der Waals surface area contributed by atoms with Crippen LogP contribution in [0, 0.1) is 6.92 Å². The van der Waals surface area contributed by atoms with E-state index in [1.165, 1.54) is 49.6 Å². The second-order valence-corrected chi connectivity index (χ2v) is 7.89. The smallest absolute Gasteiger partial charge is 0.107 e. The SMILES string of the molecule is Cc1cccc(CN2CCC[C@]23CCN(Cc2nccs2)C3)n1. The maximum absolute atomic E-state index is 4.71. The van der Waals surface area contributed by atoms with Crippen LogP contribution in [0.3, 0.4) is 0 Å². The molecule has 2 saturated heterocycles. The average molecular weight is 328 g/mol. The Morgan fingerprint density at radius 3 is 3.00 bits per heavy atom. The second-order valence-electron chi connectivity index (χ2n) is 6.91. The lowest BCUT2D eigenvalue weighted by molar-refractivity contribution is 0.129. The van der Waals surface area contributed by atoms with Crippen LogP contribution in [0.15, 0.2) is 29.8 Å². The van der Waals surface area contributed by atoms with E-state index in [9.17, 15) is 0 Å². The number of hydrogen-bond acceptors (Lipinski definition) is 5. The number of nitrogens with zero attached hydrogens (tertiary/aromatic N) is 4. The summed E-state index contributed by atoms with van der Waals surface area (Å²) in [6, 6.07) is 6.37. The molecular weight excluding hydrogens is 304 g/mol. The van der Waals surface area contributed by atoms with Gasteiger partial charge in [0.2, 0.25) is 0 Å². The lowest BCUT2D eigenvalue weighted by atomic mass is 9.95. The Hall–Kier alpha value is -1.30. The third kappa shape index (κ3) is 3.18. The summed E-state index contributed by atoms with van der Waals surface area (Å²) < 4.78 is 0. The first-order valence-corrected chi connectivity index (χ1v) is 9.40. The Morgan fingerprint density at radius 1 is 1.22 bits per heavy atom. The van der Waals surface area contributed by atoms with Crippen molar-refractivity contribution in [3.63, 3.8) is 0 Å². The van der Waals surface area contributed by atoms with E-state index < -0.39 is 0 Å². The molecule has 0 radical (unpaired) electrons. The molecule has 2 aliphatic rings. The molecule has 4 nitrogen and oxygen atoms in total. The van der Waals surface area contributed by atoms with Crippen molar-refractivity contribution in [2.45, 2.75) is 44.8 Å². The van der Waals surface area contributed by atoms with Crippen molar-refractivity contribution in [2.75, 3.05) is 19.6 Å². The molecule has 4 heterocycles. The van der Waals surface area contributed by atoms with Crippen LogP contribution >= 0.6 is 11.3 Å². The lowest BCUT2D eigenvalue weighted by Gasteiger charge is -2.35. The average Bonchev–Trinajstić information content (AvgIpc) is 3.25. The van der Waals surface area contributed by atoms with Crippen LogP contribution in [-0.4, -0.2) is 44.9 Å². The van der Waals surface area contributed by atoms with Crippen LogP contribution in [0.1, 0.15) is 35.7 Å². The number of rotatable bonds is 4. The Balaban J connectivity index is 1.45. The van der Waals surface area contributed by atoms with Gasteiger partial charge in [-0.3, -0.25) is 14.8 Å². The third-order valence-corrected chi connectivity index (χ3v) is 6.06. The van der Waals surface area contributed by atoms with E-state index in [0.717, 1.165) is 18.8 Å². The fourth-order valence-electron chi connectivity index (χ4n) is 4.18. The fourth-order valence-corrected chi connectivity index (χ4v) is 4.84. The van der Waals surface area contributed by atoms with Gasteiger partial charge in [-0.05, 0) is 44.9 Å². The summed E-state index contributed by atoms with van der Waals surface area (Å²) in [5, 5.41) is 3.32. The normalized spacial score (nSPS) is 25.6. The molecule has 5 heteroatoms. The predicted octanol–water partition coefficient (Wildman–Crippen LogP) is 3.09. The predicted molar refractivity (Wildman–Crippen MR) is 93.4 cm³/mol. The summed E-state index contributed by atoms with van der Waals surface area (Å²) in [5.41, 5.74) is 2.69. The summed E-state index contributed by atoms with van der Waals surface area (Å²) in [6.07, 6.45) is 5.84. The molecule has 2 aromatic heterocycles. The van der Waals surface area contributed by atoms with Crippen LogP contribution in [0.5, 0.6) is 0 Å². The molecule has 122 valence electrons. The molecule has 2 aromatic rings. The zero-order chi connectivity index (χ0) is 15.7. The molecular formula is C18H24N4S. The first-order valence-electron chi connectivity index (χ1n) is 8.52. The monoisotopic (exact) mass is 328 g/mol. The van der Waals surface area contributed by atoms with Gasteiger partial charge in [0.05, 0.1) is 12.2 Å². The van der Waals surface area contributed by atoms with Crippen LogP contribution in [-0.2, 0) is 13.1 Å². The van der Waals surface area contributed by atoms with E-state index in [4.69, 9.17) is 4.98 Å². The van der Waals surface area contributed by atoms with E-state index >= 15 is 0 Å². The molecule has 2 aliphatic heterocycles. The summed E-state index contributed by atoms with van der Waals surface area (Å²) in [6.45, 7) is 7.66. The third-order valence-electron chi connectivity index (χ3n) is 5.29. The highest BCUT2D eigenvalue weighted by atomic mass is 32.1. The lowest BCUT2D eigenvalue weighted by Crippen LogP contribution is -2.45. The molecule has 23 heavy (non-hydrogen) atoms. The Labute approximate surface area is 142 Å². The summed E-state index contributed by atoms with van der Waals surface area (Å²) >= 11 is 1.77. The van der Waals surface area contributed by atoms with Crippen molar-refractivity contribution in [1.82, 2.24) is 19.8 Å². The van der Waals surface area contributed by atoms with Gasteiger partial charge >= 0.3 is 0 Å². The largest absolute Gasteiger partial charge is 0.295 e. The minimum Gasteiger partial charge on any atom is -0.295 e. The number of aryl methyl sites for hydroxylation is 1. The summed E-state index contributed by atoms with van der Waals surface area (Å²) in [7, 11) is 0. The Kier molecular flexibility index (Phi) is 4.18. The van der Waals surface area contributed by atoms with Crippen molar-refractivity contribution in [3.8, 4) is 0 Å². The molecule has 0 aliphatic carbocycles. The summed E-state index contributed by atoms with van der Waals surface area (Å²) in [4.78, 5) is 14.4. The number of likely N-dealkylation sites (tertiary alicyclic amines) is 2.